The van der Waals surface area contributed by atoms with Gasteiger partial charge in [0.15, 0.2) is 0 Å². The highest BCUT2D eigenvalue weighted by molar-refractivity contribution is 4.41. The molecule has 0 spiro atoms. The molecule has 50 valence electrons. The van der Waals surface area contributed by atoms with E-state index in [1.165, 1.54) is 6.42 Å². The van der Waals surface area contributed by atoms with Gasteiger partial charge in [0.2, 0.25) is 0 Å². The molecule has 0 bridgehead atoms. The van der Waals surface area contributed by atoms with E-state index in [9.17, 15) is 0 Å². The summed E-state index contributed by atoms with van der Waals surface area (Å²) in [5.74, 6) is 0. The van der Waals surface area contributed by atoms with Gasteiger partial charge in [-0.2, -0.15) is 0 Å². The van der Waals surface area contributed by atoms with Crippen LogP contribution in [0.25, 0.3) is 0 Å². The highest BCUT2D eigenvalue weighted by Crippen LogP contribution is 1.68. The molecule has 0 atom stereocenters. The van der Waals surface area contributed by atoms with Gasteiger partial charge in [0.25, 0.3) is 0 Å². The lowest BCUT2D eigenvalue weighted by Crippen LogP contribution is -2.19. The third kappa shape index (κ3) is 5.92. The van der Waals surface area contributed by atoms with Crippen molar-refractivity contribution in [2.45, 2.75) is 13.3 Å². The molecule has 8 heavy (non-hydrogen) atoms. The van der Waals surface area contributed by atoms with Crippen molar-refractivity contribution in [2.75, 3.05) is 26.8 Å². The van der Waals surface area contributed by atoms with Gasteiger partial charge in [-0.15, -0.1) is 0 Å². The van der Waals surface area contributed by atoms with Crippen molar-refractivity contribution in [1.82, 2.24) is 5.32 Å². The van der Waals surface area contributed by atoms with Gasteiger partial charge in [-0.05, 0) is 13.0 Å². The molecule has 0 aromatic carbocycles. The van der Waals surface area contributed by atoms with Crippen LogP contribution in [-0.4, -0.2) is 26.8 Å². The summed E-state index contributed by atoms with van der Waals surface area (Å²) in [6, 6.07) is 0. The van der Waals surface area contributed by atoms with Crippen molar-refractivity contribution in [3.05, 3.63) is 0 Å². The monoisotopic (exact) mass is 117 g/mol. The third-order valence-electron chi connectivity index (χ3n) is 0.910. The Morgan fingerprint density at radius 3 is 2.62 bits per heavy atom. The molecule has 0 rings (SSSR count). The predicted molar refractivity (Wildman–Crippen MR) is 35.0 cm³/mol. The van der Waals surface area contributed by atoms with Gasteiger partial charge in [0.05, 0.1) is 6.61 Å². The Labute approximate surface area is 51.2 Å². The van der Waals surface area contributed by atoms with Gasteiger partial charge >= 0.3 is 0 Å². The summed E-state index contributed by atoms with van der Waals surface area (Å²) < 4.78 is 4.83. The Morgan fingerprint density at radius 2 is 2.12 bits per heavy atom. The first-order valence-electron chi connectivity index (χ1n) is 3.11. The van der Waals surface area contributed by atoms with E-state index in [4.69, 9.17) is 4.74 Å². The van der Waals surface area contributed by atoms with Gasteiger partial charge in [0.1, 0.15) is 0 Å². The summed E-state index contributed by atoms with van der Waals surface area (Å²) in [5.41, 5.74) is 0. The van der Waals surface area contributed by atoms with Crippen molar-refractivity contribution in [1.29, 1.82) is 0 Å². The minimum atomic E-state index is 0.819. The fourth-order valence-electron chi connectivity index (χ4n) is 0.476. The molecule has 0 aromatic heterocycles. The molecule has 0 radical (unpaired) electrons. The lowest BCUT2D eigenvalue weighted by atomic mass is 10.5. The van der Waals surface area contributed by atoms with E-state index in [2.05, 4.69) is 12.2 Å². The Balaban J connectivity index is 2.53. The van der Waals surface area contributed by atoms with E-state index >= 15 is 0 Å². The number of methoxy groups -OCH3 is 1. The summed E-state index contributed by atoms with van der Waals surface area (Å²) in [6.45, 7) is 5.05. The van der Waals surface area contributed by atoms with Gasteiger partial charge in [-0.1, -0.05) is 6.92 Å². The van der Waals surface area contributed by atoms with Gasteiger partial charge < -0.3 is 10.1 Å². The zero-order valence-corrected chi connectivity index (χ0v) is 5.74. The largest absolute Gasteiger partial charge is 0.383 e. The quantitative estimate of drug-likeness (QED) is 0.533. The molecule has 0 aromatic rings. The molecule has 0 aliphatic rings. The fraction of sp³-hybridized carbons (Fsp3) is 1.00. The molecule has 0 saturated heterocycles. The maximum absolute atomic E-state index is 4.83. The van der Waals surface area contributed by atoms with Crippen molar-refractivity contribution < 1.29 is 4.74 Å². The van der Waals surface area contributed by atoms with Crippen LogP contribution in [0, 0.1) is 0 Å². The second-order valence-electron chi connectivity index (χ2n) is 1.74. The van der Waals surface area contributed by atoms with Crippen LogP contribution in [0.5, 0.6) is 0 Å². The topological polar surface area (TPSA) is 21.3 Å². The molecule has 2 heteroatoms. The van der Waals surface area contributed by atoms with E-state index in [-0.39, 0.29) is 0 Å². The zero-order valence-electron chi connectivity index (χ0n) is 5.74. The Morgan fingerprint density at radius 1 is 1.38 bits per heavy atom. The van der Waals surface area contributed by atoms with Crippen LogP contribution < -0.4 is 5.32 Å². The van der Waals surface area contributed by atoms with Gasteiger partial charge in [-0.3, -0.25) is 0 Å². The lowest BCUT2D eigenvalue weighted by Gasteiger charge is -1.98. The number of hydrogen-bond donors (Lipinski definition) is 1. The lowest BCUT2D eigenvalue weighted by molar-refractivity contribution is 0.199. The number of ether oxygens (including phenoxy) is 1. The van der Waals surface area contributed by atoms with Crippen LogP contribution in [0.2, 0.25) is 0 Å². The smallest absolute Gasteiger partial charge is 0.0587 e. The molecule has 0 aliphatic heterocycles. The number of nitrogens with one attached hydrogen (secondary N) is 1. The molecule has 0 heterocycles. The summed E-state index contributed by atoms with van der Waals surface area (Å²) in [4.78, 5) is 0. The Bertz CT molecular complexity index is 33.5. The molecular formula is C6H15NO. The fourth-order valence-corrected chi connectivity index (χ4v) is 0.476. The molecule has 0 fully saturated rings. The summed E-state index contributed by atoms with van der Waals surface area (Å²) in [5, 5.41) is 3.21. The second kappa shape index (κ2) is 6.92. The molecule has 1 N–H and O–H groups in total. The molecule has 2 nitrogen and oxygen atoms in total. The molecule has 0 amide bonds. The van der Waals surface area contributed by atoms with Crippen LogP contribution in [-0.2, 0) is 4.74 Å². The summed E-state index contributed by atoms with van der Waals surface area (Å²) in [6.07, 6.45) is 1.20. The average Bonchev–Trinajstić information content (AvgIpc) is 1.81. The highest BCUT2D eigenvalue weighted by atomic mass is 16.5. The maximum Gasteiger partial charge on any atom is 0.0587 e. The normalized spacial score (nSPS) is 9.75. The first-order chi connectivity index (χ1) is 3.91. The molecular weight excluding hydrogens is 102 g/mol. The second-order valence-corrected chi connectivity index (χ2v) is 1.74. The number of hydrogen-bond acceptors (Lipinski definition) is 2. The minimum Gasteiger partial charge on any atom is -0.383 e. The van der Waals surface area contributed by atoms with E-state index in [0.29, 0.717) is 0 Å². The molecule has 0 aliphatic carbocycles. The first-order valence-corrected chi connectivity index (χ1v) is 3.11. The van der Waals surface area contributed by atoms with Crippen molar-refractivity contribution >= 4 is 0 Å². The van der Waals surface area contributed by atoms with Crippen LogP contribution in [0.3, 0.4) is 0 Å². The van der Waals surface area contributed by atoms with Crippen molar-refractivity contribution in [3.8, 4) is 0 Å². The van der Waals surface area contributed by atoms with E-state index < -0.39 is 0 Å². The SMILES string of the molecule is CCCNCCOC. The summed E-state index contributed by atoms with van der Waals surface area (Å²) in [7, 11) is 1.72. The highest BCUT2D eigenvalue weighted by Gasteiger charge is 1.80. The zero-order chi connectivity index (χ0) is 6.24. The maximum atomic E-state index is 4.83. The van der Waals surface area contributed by atoms with E-state index in [1.54, 1.807) is 7.11 Å². The summed E-state index contributed by atoms with van der Waals surface area (Å²) >= 11 is 0. The van der Waals surface area contributed by atoms with E-state index in [1.807, 2.05) is 0 Å². The third-order valence-corrected chi connectivity index (χ3v) is 0.910. The van der Waals surface area contributed by atoms with Crippen LogP contribution in [0.1, 0.15) is 13.3 Å². The van der Waals surface area contributed by atoms with Crippen molar-refractivity contribution in [3.63, 3.8) is 0 Å². The first kappa shape index (κ1) is 7.92. The van der Waals surface area contributed by atoms with Crippen LogP contribution in [0.4, 0.5) is 0 Å². The molecule has 0 unspecified atom stereocenters. The van der Waals surface area contributed by atoms with Gasteiger partial charge in [-0.25, -0.2) is 0 Å². The van der Waals surface area contributed by atoms with Crippen molar-refractivity contribution in [2.24, 2.45) is 0 Å². The Hall–Kier alpha value is -0.0800. The number of rotatable bonds is 5. The van der Waals surface area contributed by atoms with Gasteiger partial charge in [0, 0.05) is 13.7 Å². The standard InChI is InChI=1S/C6H15NO/c1-3-4-7-5-6-8-2/h7H,3-6H2,1-2H3. The molecule has 0 saturated carbocycles. The van der Waals surface area contributed by atoms with Crippen LogP contribution >= 0.6 is 0 Å². The Kier molecular flexibility index (Phi) is 6.85. The average molecular weight is 117 g/mol. The predicted octanol–water partition coefficient (Wildman–Crippen LogP) is 0.632. The minimum absolute atomic E-state index is 0.819. The van der Waals surface area contributed by atoms with E-state index in [0.717, 1.165) is 19.7 Å². The van der Waals surface area contributed by atoms with Crippen LogP contribution in [0.15, 0.2) is 0 Å².